The maximum absolute atomic E-state index is 13.4. The van der Waals surface area contributed by atoms with Gasteiger partial charge in [-0.3, -0.25) is 4.79 Å². The van der Waals surface area contributed by atoms with E-state index in [4.69, 9.17) is 4.74 Å². The molecule has 2 heterocycles. The summed E-state index contributed by atoms with van der Waals surface area (Å²) >= 11 is 0. The van der Waals surface area contributed by atoms with Crippen LogP contribution in [0.3, 0.4) is 0 Å². The molecular formula is C28H27N3O3. The monoisotopic (exact) mass is 453 g/mol. The van der Waals surface area contributed by atoms with Crippen LogP contribution >= 0.6 is 0 Å². The fraction of sp³-hybridized carbons (Fsp3) is 0.250. The van der Waals surface area contributed by atoms with E-state index in [0.717, 1.165) is 52.0 Å². The van der Waals surface area contributed by atoms with Crippen LogP contribution in [-0.2, 0) is 11.3 Å². The SMILES string of the molecule is CNc1ncc(-c2ccc3c(=O)c(C(=O)OCc4ccccc4)cn(C4CC4)c3c2C)cc1C. The Hall–Kier alpha value is -3.93. The summed E-state index contributed by atoms with van der Waals surface area (Å²) in [7, 11) is 1.85. The number of aromatic nitrogens is 2. The Balaban J connectivity index is 1.58. The first-order valence-corrected chi connectivity index (χ1v) is 11.5. The highest BCUT2D eigenvalue weighted by Crippen LogP contribution is 2.39. The number of pyridine rings is 2. The number of hydrogen-bond acceptors (Lipinski definition) is 5. The number of esters is 1. The van der Waals surface area contributed by atoms with Crippen molar-refractivity contribution in [3.8, 4) is 11.1 Å². The zero-order valence-electron chi connectivity index (χ0n) is 19.6. The second-order valence-corrected chi connectivity index (χ2v) is 8.85. The van der Waals surface area contributed by atoms with Crippen LogP contribution < -0.4 is 10.7 Å². The van der Waals surface area contributed by atoms with Gasteiger partial charge in [-0.25, -0.2) is 9.78 Å². The highest BCUT2D eigenvalue weighted by Gasteiger charge is 2.28. The molecule has 2 aromatic heterocycles. The molecule has 34 heavy (non-hydrogen) atoms. The van der Waals surface area contributed by atoms with Crippen molar-refractivity contribution in [3.63, 3.8) is 0 Å². The third-order valence-corrected chi connectivity index (χ3v) is 6.45. The molecule has 0 bridgehead atoms. The van der Waals surface area contributed by atoms with Crippen LogP contribution in [0, 0.1) is 13.8 Å². The van der Waals surface area contributed by atoms with E-state index < -0.39 is 5.97 Å². The number of ether oxygens (including phenoxy) is 1. The topological polar surface area (TPSA) is 73.2 Å². The summed E-state index contributed by atoms with van der Waals surface area (Å²) in [5.41, 5.74) is 5.63. The van der Waals surface area contributed by atoms with Crippen molar-refractivity contribution in [1.29, 1.82) is 0 Å². The molecule has 0 atom stereocenters. The molecule has 4 aromatic rings. The number of nitrogens with one attached hydrogen (secondary N) is 1. The van der Waals surface area contributed by atoms with Gasteiger partial charge in [0.1, 0.15) is 18.0 Å². The summed E-state index contributed by atoms with van der Waals surface area (Å²) in [6, 6.07) is 15.6. The number of nitrogens with zero attached hydrogens (tertiary/aromatic N) is 2. The lowest BCUT2D eigenvalue weighted by molar-refractivity contribution is 0.0470. The van der Waals surface area contributed by atoms with Crippen LogP contribution in [0.4, 0.5) is 5.82 Å². The lowest BCUT2D eigenvalue weighted by Crippen LogP contribution is -2.21. The molecule has 6 heteroatoms. The van der Waals surface area contributed by atoms with Crippen molar-refractivity contribution in [1.82, 2.24) is 9.55 Å². The molecule has 1 fully saturated rings. The average Bonchev–Trinajstić information content (AvgIpc) is 3.69. The predicted octanol–water partition coefficient (Wildman–Crippen LogP) is 5.41. The first-order valence-electron chi connectivity index (χ1n) is 11.5. The number of fused-ring (bicyclic) bond motifs is 1. The second kappa shape index (κ2) is 8.78. The molecule has 1 saturated carbocycles. The minimum atomic E-state index is -0.589. The summed E-state index contributed by atoms with van der Waals surface area (Å²) in [5, 5.41) is 3.64. The van der Waals surface area contributed by atoms with Gasteiger partial charge in [0.15, 0.2) is 0 Å². The molecule has 0 spiro atoms. The van der Waals surface area contributed by atoms with E-state index in [1.54, 1.807) is 6.20 Å². The Kier molecular flexibility index (Phi) is 5.65. The number of aryl methyl sites for hydroxylation is 2. The van der Waals surface area contributed by atoms with Crippen LogP contribution in [0.2, 0.25) is 0 Å². The normalized spacial score (nSPS) is 13.1. The molecule has 0 amide bonds. The molecule has 1 aliphatic carbocycles. The van der Waals surface area contributed by atoms with Gasteiger partial charge in [-0.1, -0.05) is 36.4 Å². The number of carbonyl (C=O) groups is 1. The average molecular weight is 454 g/mol. The molecule has 0 saturated heterocycles. The van der Waals surface area contributed by atoms with Crippen molar-refractivity contribution in [2.75, 3.05) is 12.4 Å². The largest absolute Gasteiger partial charge is 0.457 e. The van der Waals surface area contributed by atoms with Gasteiger partial charge in [0.05, 0.1) is 5.52 Å². The molecule has 6 nitrogen and oxygen atoms in total. The summed E-state index contributed by atoms with van der Waals surface area (Å²) in [5.74, 6) is 0.255. The molecule has 0 unspecified atom stereocenters. The van der Waals surface area contributed by atoms with Gasteiger partial charge in [0, 0.05) is 36.4 Å². The molecule has 1 N–H and O–H groups in total. The van der Waals surface area contributed by atoms with Gasteiger partial charge >= 0.3 is 5.97 Å². The van der Waals surface area contributed by atoms with Crippen molar-refractivity contribution in [2.24, 2.45) is 0 Å². The number of carbonyl (C=O) groups excluding carboxylic acids is 1. The van der Waals surface area contributed by atoms with Gasteiger partial charge in [0.25, 0.3) is 0 Å². The molecule has 0 aliphatic heterocycles. The smallest absolute Gasteiger partial charge is 0.343 e. The Morgan fingerprint density at radius 2 is 1.91 bits per heavy atom. The van der Waals surface area contributed by atoms with Crippen LogP contribution in [0.15, 0.2) is 65.7 Å². The quantitative estimate of drug-likeness (QED) is 0.395. The molecule has 2 aromatic carbocycles. The molecular weight excluding hydrogens is 426 g/mol. The number of rotatable bonds is 6. The van der Waals surface area contributed by atoms with E-state index >= 15 is 0 Å². The Morgan fingerprint density at radius 1 is 1.15 bits per heavy atom. The van der Waals surface area contributed by atoms with Gasteiger partial charge < -0.3 is 14.6 Å². The fourth-order valence-electron chi connectivity index (χ4n) is 4.51. The first-order chi connectivity index (χ1) is 16.5. The third kappa shape index (κ3) is 3.96. The van der Waals surface area contributed by atoms with Crippen LogP contribution in [0.25, 0.3) is 22.0 Å². The third-order valence-electron chi connectivity index (χ3n) is 6.45. The summed E-state index contributed by atoms with van der Waals surface area (Å²) in [4.78, 5) is 30.8. The molecule has 1 aliphatic rings. The minimum absolute atomic E-state index is 0.0818. The maximum Gasteiger partial charge on any atom is 0.343 e. The summed E-state index contributed by atoms with van der Waals surface area (Å²) in [6.45, 7) is 4.18. The predicted molar refractivity (Wildman–Crippen MR) is 134 cm³/mol. The fourth-order valence-corrected chi connectivity index (χ4v) is 4.51. The van der Waals surface area contributed by atoms with Gasteiger partial charge in [-0.05, 0) is 61.1 Å². The highest BCUT2D eigenvalue weighted by molar-refractivity contribution is 5.96. The molecule has 5 rings (SSSR count). The van der Waals surface area contributed by atoms with E-state index in [9.17, 15) is 9.59 Å². The van der Waals surface area contributed by atoms with Gasteiger partial charge in [0.2, 0.25) is 5.43 Å². The zero-order chi connectivity index (χ0) is 23.8. The van der Waals surface area contributed by atoms with E-state index in [0.29, 0.717) is 5.39 Å². The van der Waals surface area contributed by atoms with Crippen molar-refractivity contribution < 1.29 is 9.53 Å². The van der Waals surface area contributed by atoms with E-state index in [-0.39, 0.29) is 23.6 Å². The first kappa shape index (κ1) is 21.9. The van der Waals surface area contributed by atoms with Gasteiger partial charge in [-0.15, -0.1) is 0 Å². The highest BCUT2D eigenvalue weighted by atomic mass is 16.5. The van der Waals surface area contributed by atoms with E-state index in [1.807, 2.05) is 69.6 Å². The van der Waals surface area contributed by atoms with E-state index in [2.05, 4.69) is 20.9 Å². The Morgan fingerprint density at radius 3 is 2.59 bits per heavy atom. The van der Waals surface area contributed by atoms with Gasteiger partial charge in [-0.2, -0.15) is 0 Å². The Bertz CT molecular complexity index is 1450. The lowest BCUT2D eigenvalue weighted by Gasteiger charge is -2.17. The maximum atomic E-state index is 13.4. The standard InChI is InChI=1S/C28H27N3O3/c1-17-13-20(14-30-27(17)29-3)22-11-12-23-25(18(22)2)31(21-9-10-21)15-24(26(23)32)28(33)34-16-19-7-5-4-6-8-19/h4-8,11-15,21H,9-10,16H2,1-3H3,(H,29,30). The Labute approximate surface area is 198 Å². The van der Waals surface area contributed by atoms with Crippen LogP contribution in [0.1, 0.15) is 45.9 Å². The van der Waals surface area contributed by atoms with Crippen molar-refractivity contribution in [3.05, 3.63) is 93.4 Å². The molecule has 0 radical (unpaired) electrons. The second-order valence-electron chi connectivity index (χ2n) is 8.85. The van der Waals surface area contributed by atoms with Crippen LogP contribution in [0.5, 0.6) is 0 Å². The van der Waals surface area contributed by atoms with E-state index in [1.165, 1.54) is 0 Å². The zero-order valence-corrected chi connectivity index (χ0v) is 19.6. The number of benzene rings is 2. The molecule has 172 valence electrons. The minimum Gasteiger partial charge on any atom is -0.457 e. The van der Waals surface area contributed by atoms with Crippen LogP contribution in [-0.4, -0.2) is 22.6 Å². The van der Waals surface area contributed by atoms with Crippen molar-refractivity contribution in [2.45, 2.75) is 39.3 Å². The number of hydrogen-bond donors (Lipinski definition) is 1. The lowest BCUT2D eigenvalue weighted by atomic mass is 9.97. The summed E-state index contributed by atoms with van der Waals surface area (Å²) < 4.78 is 7.59. The van der Waals surface area contributed by atoms with Crippen molar-refractivity contribution >= 4 is 22.7 Å². The summed E-state index contributed by atoms with van der Waals surface area (Å²) in [6.07, 6.45) is 5.59. The number of anilines is 1.